The first-order chi connectivity index (χ1) is 10.4. The maximum atomic E-state index is 11.5. The van der Waals surface area contributed by atoms with Gasteiger partial charge < -0.3 is 10.1 Å². The van der Waals surface area contributed by atoms with Gasteiger partial charge in [0.25, 0.3) is 0 Å². The Morgan fingerprint density at radius 2 is 2.09 bits per heavy atom. The first kappa shape index (κ1) is 18.1. The third-order valence-corrected chi connectivity index (χ3v) is 2.85. The van der Waals surface area contributed by atoms with Gasteiger partial charge in [0.15, 0.2) is 0 Å². The zero-order valence-electron chi connectivity index (χ0n) is 14.2. The lowest BCUT2D eigenvalue weighted by molar-refractivity contribution is 0.0527. The zero-order chi connectivity index (χ0) is 16.4. The zero-order valence-corrected chi connectivity index (χ0v) is 14.2. The number of hydrogen-bond donors (Lipinski definition) is 1. The summed E-state index contributed by atoms with van der Waals surface area (Å²) >= 11 is 0. The number of rotatable bonds is 5. The van der Waals surface area contributed by atoms with Crippen LogP contribution in [0.15, 0.2) is 24.3 Å². The topological polar surface area (TPSA) is 38.3 Å². The Labute approximate surface area is 134 Å². The van der Waals surface area contributed by atoms with Crippen LogP contribution in [-0.4, -0.2) is 18.2 Å². The monoisotopic (exact) mass is 301 g/mol. The van der Waals surface area contributed by atoms with E-state index in [9.17, 15) is 4.79 Å². The standard InChI is InChI=1S/C19H27NO2/c1-5-6-7-10-16-11-8-12-17(15-16)13-9-14-20-18(21)22-19(2,3)4/h8,11-12,15H,5-6,9,13-14H2,1-4H3,(H,20,21). The number of ether oxygens (including phenoxy) is 1. The highest BCUT2D eigenvalue weighted by Gasteiger charge is 2.15. The summed E-state index contributed by atoms with van der Waals surface area (Å²) in [7, 11) is 0. The smallest absolute Gasteiger partial charge is 0.407 e. The van der Waals surface area contributed by atoms with Gasteiger partial charge in [0.2, 0.25) is 0 Å². The van der Waals surface area contributed by atoms with Crippen molar-refractivity contribution >= 4 is 6.09 Å². The number of nitrogens with one attached hydrogen (secondary N) is 1. The molecule has 0 atom stereocenters. The fourth-order valence-electron chi connectivity index (χ4n) is 1.89. The SMILES string of the molecule is CCCC#Cc1cccc(CCCNC(=O)OC(C)(C)C)c1. The number of hydrogen-bond acceptors (Lipinski definition) is 2. The molecule has 0 spiro atoms. The van der Waals surface area contributed by atoms with Crippen LogP contribution >= 0.6 is 0 Å². The van der Waals surface area contributed by atoms with Crippen LogP contribution in [0.5, 0.6) is 0 Å². The van der Waals surface area contributed by atoms with Gasteiger partial charge in [-0.1, -0.05) is 30.9 Å². The second-order valence-electron chi connectivity index (χ2n) is 6.28. The minimum absolute atomic E-state index is 0.355. The Morgan fingerprint density at radius 1 is 1.32 bits per heavy atom. The van der Waals surface area contributed by atoms with E-state index >= 15 is 0 Å². The number of carbonyl (C=O) groups excluding carboxylic acids is 1. The molecule has 0 aromatic heterocycles. The van der Waals surface area contributed by atoms with Crippen LogP contribution in [0, 0.1) is 11.8 Å². The van der Waals surface area contributed by atoms with Crippen molar-refractivity contribution < 1.29 is 9.53 Å². The lowest BCUT2D eigenvalue weighted by Gasteiger charge is -2.19. The number of unbranched alkanes of at least 4 members (excludes halogenated alkanes) is 1. The number of alkyl carbamates (subject to hydrolysis) is 1. The Morgan fingerprint density at radius 3 is 2.77 bits per heavy atom. The molecule has 1 aromatic carbocycles. The molecule has 0 bridgehead atoms. The lowest BCUT2D eigenvalue weighted by Crippen LogP contribution is -2.33. The van der Waals surface area contributed by atoms with Crippen LogP contribution < -0.4 is 5.32 Å². The van der Waals surface area contributed by atoms with Gasteiger partial charge in [-0.25, -0.2) is 4.79 Å². The van der Waals surface area contributed by atoms with E-state index in [4.69, 9.17) is 4.74 Å². The molecule has 0 saturated heterocycles. The third-order valence-electron chi connectivity index (χ3n) is 2.85. The van der Waals surface area contributed by atoms with Crippen molar-refractivity contribution in [2.75, 3.05) is 6.54 Å². The predicted molar refractivity (Wildman–Crippen MR) is 90.8 cm³/mol. The van der Waals surface area contributed by atoms with Gasteiger partial charge in [0.05, 0.1) is 0 Å². The number of amides is 1. The summed E-state index contributed by atoms with van der Waals surface area (Å²) in [4.78, 5) is 11.5. The summed E-state index contributed by atoms with van der Waals surface area (Å²) in [6.45, 7) is 8.32. The van der Waals surface area contributed by atoms with Gasteiger partial charge in [-0.2, -0.15) is 0 Å². The normalized spacial score (nSPS) is 10.5. The van der Waals surface area contributed by atoms with Crippen molar-refractivity contribution in [1.82, 2.24) is 5.32 Å². The average Bonchev–Trinajstić information content (AvgIpc) is 2.43. The fourth-order valence-corrected chi connectivity index (χ4v) is 1.89. The molecular formula is C19H27NO2. The predicted octanol–water partition coefficient (Wildman–Crippen LogP) is 4.30. The highest BCUT2D eigenvalue weighted by atomic mass is 16.6. The quantitative estimate of drug-likeness (QED) is 0.650. The summed E-state index contributed by atoms with van der Waals surface area (Å²) in [5.41, 5.74) is 1.86. The molecule has 0 heterocycles. The van der Waals surface area contributed by atoms with Crippen LogP contribution in [0.3, 0.4) is 0 Å². The highest BCUT2D eigenvalue weighted by Crippen LogP contribution is 2.08. The van der Waals surface area contributed by atoms with Crippen LogP contribution in [0.1, 0.15) is 58.1 Å². The van der Waals surface area contributed by atoms with E-state index in [0.717, 1.165) is 31.2 Å². The molecule has 1 rings (SSSR count). The Balaban J connectivity index is 2.35. The second kappa shape index (κ2) is 9.15. The van der Waals surface area contributed by atoms with E-state index in [1.165, 1.54) is 5.56 Å². The van der Waals surface area contributed by atoms with Crippen molar-refractivity contribution in [3.05, 3.63) is 35.4 Å². The van der Waals surface area contributed by atoms with E-state index in [0.29, 0.717) is 6.54 Å². The van der Waals surface area contributed by atoms with Crippen molar-refractivity contribution in [3.63, 3.8) is 0 Å². The summed E-state index contributed by atoms with van der Waals surface area (Å²) in [5.74, 6) is 6.34. The van der Waals surface area contributed by atoms with Crippen molar-refractivity contribution in [2.45, 2.75) is 59.0 Å². The Kier molecular flexibility index (Phi) is 7.52. The van der Waals surface area contributed by atoms with Gasteiger partial charge in [-0.05, 0) is 57.7 Å². The maximum absolute atomic E-state index is 11.5. The second-order valence-corrected chi connectivity index (χ2v) is 6.28. The molecule has 3 nitrogen and oxygen atoms in total. The van der Waals surface area contributed by atoms with Crippen molar-refractivity contribution in [1.29, 1.82) is 0 Å². The molecule has 1 N–H and O–H groups in total. The van der Waals surface area contributed by atoms with E-state index in [-0.39, 0.29) is 6.09 Å². The van der Waals surface area contributed by atoms with Crippen LogP contribution in [0.2, 0.25) is 0 Å². The minimum Gasteiger partial charge on any atom is -0.444 e. The van der Waals surface area contributed by atoms with E-state index < -0.39 is 5.60 Å². The van der Waals surface area contributed by atoms with Crippen LogP contribution in [0.25, 0.3) is 0 Å². The van der Waals surface area contributed by atoms with Gasteiger partial charge in [0.1, 0.15) is 5.60 Å². The van der Waals surface area contributed by atoms with Crippen molar-refractivity contribution in [3.8, 4) is 11.8 Å². The molecule has 1 amide bonds. The van der Waals surface area contributed by atoms with E-state index in [2.05, 4.69) is 36.2 Å². The Bertz CT molecular complexity index is 532. The molecule has 3 heteroatoms. The summed E-state index contributed by atoms with van der Waals surface area (Å²) < 4.78 is 5.20. The number of carbonyl (C=O) groups is 1. The average molecular weight is 301 g/mol. The molecule has 0 aliphatic heterocycles. The van der Waals surface area contributed by atoms with Crippen molar-refractivity contribution in [2.24, 2.45) is 0 Å². The minimum atomic E-state index is -0.449. The maximum Gasteiger partial charge on any atom is 0.407 e. The molecule has 0 radical (unpaired) electrons. The van der Waals surface area contributed by atoms with E-state index in [1.807, 2.05) is 32.9 Å². The molecule has 120 valence electrons. The molecule has 0 unspecified atom stereocenters. The third kappa shape index (κ3) is 8.36. The number of benzene rings is 1. The largest absolute Gasteiger partial charge is 0.444 e. The van der Waals surface area contributed by atoms with Gasteiger partial charge in [-0.3, -0.25) is 0 Å². The summed E-state index contributed by atoms with van der Waals surface area (Å²) in [6.07, 6.45) is 3.46. The first-order valence-electron chi connectivity index (χ1n) is 7.95. The highest BCUT2D eigenvalue weighted by molar-refractivity contribution is 5.67. The molecule has 22 heavy (non-hydrogen) atoms. The first-order valence-corrected chi connectivity index (χ1v) is 7.95. The molecule has 1 aromatic rings. The molecule has 0 fully saturated rings. The number of aryl methyl sites for hydroxylation is 1. The van der Waals surface area contributed by atoms with Gasteiger partial charge >= 0.3 is 6.09 Å². The van der Waals surface area contributed by atoms with Crippen LogP contribution in [-0.2, 0) is 11.2 Å². The molecular weight excluding hydrogens is 274 g/mol. The Hall–Kier alpha value is -1.95. The molecule has 0 aliphatic rings. The van der Waals surface area contributed by atoms with Crippen LogP contribution in [0.4, 0.5) is 4.79 Å². The van der Waals surface area contributed by atoms with Gasteiger partial charge in [0, 0.05) is 18.5 Å². The molecule has 0 saturated carbocycles. The van der Waals surface area contributed by atoms with Gasteiger partial charge in [-0.15, -0.1) is 0 Å². The molecule has 0 aliphatic carbocycles. The lowest BCUT2D eigenvalue weighted by atomic mass is 10.1. The van der Waals surface area contributed by atoms with E-state index in [1.54, 1.807) is 0 Å². The fraction of sp³-hybridized carbons (Fsp3) is 0.526. The summed E-state index contributed by atoms with van der Waals surface area (Å²) in [6, 6.07) is 8.28. The summed E-state index contributed by atoms with van der Waals surface area (Å²) in [5, 5.41) is 2.78.